The minimum atomic E-state index is -1.07. The Kier molecular flexibility index (Phi) is 3.50. The number of carbonyl (C=O) groups is 3. The normalized spacial score (nSPS) is 27.3. The lowest BCUT2D eigenvalue weighted by Crippen LogP contribution is -2.52. The van der Waals surface area contributed by atoms with Crippen LogP contribution in [-0.2, 0) is 4.79 Å². The molecule has 2 rings (SSSR count). The maximum absolute atomic E-state index is 11.8. The second kappa shape index (κ2) is 4.92. The molecule has 18 heavy (non-hydrogen) atoms. The molecule has 4 amide bonds. The summed E-state index contributed by atoms with van der Waals surface area (Å²) in [6, 6.07) is -1.83. The first kappa shape index (κ1) is 12.8. The Morgan fingerprint density at radius 2 is 2.17 bits per heavy atom. The molecular formula is C9H14N4O4S. The van der Waals surface area contributed by atoms with Crippen LogP contribution in [0.1, 0.15) is 6.42 Å². The fourth-order valence-corrected chi connectivity index (χ4v) is 2.56. The van der Waals surface area contributed by atoms with Crippen molar-refractivity contribution < 1.29 is 19.5 Å². The van der Waals surface area contributed by atoms with Gasteiger partial charge in [0.1, 0.15) is 18.4 Å². The molecule has 0 aliphatic carbocycles. The third-order valence-corrected chi connectivity index (χ3v) is 3.55. The predicted octanol–water partition coefficient (Wildman–Crippen LogP) is -0.817. The van der Waals surface area contributed by atoms with Gasteiger partial charge in [0.05, 0.1) is 0 Å². The lowest BCUT2D eigenvalue weighted by atomic mass is 10.2. The maximum Gasteiger partial charge on any atom is 0.326 e. The molecule has 2 saturated heterocycles. The molecule has 2 heterocycles. The van der Waals surface area contributed by atoms with Crippen molar-refractivity contribution in [1.82, 2.24) is 20.9 Å². The summed E-state index contributed by atoms with van der Waals surface area (Å²) in [5.41, 5.74) is 0. The minimum absolute atomic E-state index is 0.336. The maximum atomic E-state index is 11.8. The number of nitrogens with zero attached hydrogens (tertiary/aromatic N) is 1. The summed E-state index contributed by atoms with van der Waals surface area (Å²) in [5, 5.41) is 16.8. The van der Waals surface area contributed by atoms with Gasteiger partial charge in [-0.25, -0.2) is 14.4 Å². The summed E-state index contributed by atoms with van der Waals surface area (Å²) in [6.45, 7) is 0. The molecule has 8 nitrogen and oxygen atoms in total. The number of nitrogens with one attached hydrogen (secondary N) is 3. The first-order valence-electron chi connectivity index (χ1n) is 5.42. The van der Waals surface area contributed by atoms with Gasteiger partial charge in [0.25, 0.3) is 0 Å². The number of thioether (sulfide) groups is 1. The van der Waals surface area contributed by atoms with Gasteiger partial charge in [-0.1, -0.05) is 0 Å². The van der Waals surface area contributed by atoms with E-state index in [9.17, 15) is 19.5 Å². The molecular weight excluding hydrogens is 260 g/mol. The van der Waals surface area contributed by atoms with Crippen LogP contribution in [0.2, 0.25) is 0 Å². The van der Waals surface area contributed by atoms with E-state index in [-0.39, 0.29) is 0 Å². The molecule has 3 atom stereocenters. The number of aliphatic carboxylic acids is 1. The monoisotopic (exact) mass is 274 g/mol. The van der Waals surface area contributed by atoms with Crippen molar-refractivity contribution in [2.75, 3.05) is 12.0 Å². The summed E-state index contributed by atoms with van der Waals surface area (Å²) in [6.07, 6.45) is 0.988. The molecule has 0 aromatic carbocycles. The van der Waals surface area contributed by atoms with Gasteiger partial charge in [0.15, 0.2) is 0 Å². The third kappa shape index (κ3) is 2.17. The highest BCUT2D eigenvalue weighted by Crippen LogP contribution is 2.20. The molecule has 2 fully saturated rings. The van der Waals surface area contributed by atoms with E-state index in [4.69, 9.17) is 0 Å². The molecule has 0 unspecified atom stereocenters. The molecule has 100 valence electrons. The van der Waals surface area contributed by atoms with Crippen LogP contribution in [0.4, 0.5) is 9.59 Å². The molecule has 4 N–H and O–H groups in total. The van der Waals surface area contributed by atoms with Gasteiger partial charge < -0.3 is 21.1 Å². The average molecular weight is 274 g/mol. The van der Waals surface area contributed by atoms with Crippen molar-refractivity contribution in [1.29, 1.82) is 0 Å². The summed E-state index contributed by atoms with van der Waals surface area (Å²) in [7, 11) is 0. The van der Waals surface area contributed by atoms with Crippen molar-refractivity contribution >= 4 is 29.8 Å². The highest BCUT2D eigenvalue weighted by Gasteiger charge is 2.49. The zero-order valence-corrected chi connectivity index (χ0v) is 10.5. The van der Waals surface area contributed by atoms with Gasteiger partial charge in [-0.15, -0.1) is 0 Å². The van der Waals surface area contributed by atoms with Gasteiger partial charge in [0.2, 0.25) is 0 Å². The number of urea groups is 2. The summed E-state index contributed by atoms with van der Waals surface area (Å²) < 4.78 is 0. The Balaban J connectivity index is 2.15. The lowest BCUT2D eigenvalue weighted by Gasteiger charge is -2.27. The molecule has 2 aliphatic heterocycles. The largest absolute Gasteiger partial charge is 0.480 e. The Morgan fingerprint density at radius 1 is 1.44 bits per heavy atom. The highest BCUT2D eigenvalue weighted by atomic mass is 32.2. The molecule has 0 spiro atoms. The van der Waals surface area contributed by atoms with Gasteiger partial charge in [-0.2, -0.15) is 11.8 Å². The zero-order chi connectivity index (χ0) is 13.3. The Hall–Kier alpha value is -1.64. The van der Waals surface area contributed by atoms with E-state index in [0.29, 0.717) is 12.2 Å². The van der Waals surface area contributed by atoms with E-state index in [2.05, 4.69) is 16.0 Å². The number of hydrogen-bond acceptors (Lipinski definition) is 4. The average Bonchev–Trinajstić information content (AvgIpc) is 2.76. The van der Waals surface area contributed by atoms with Crippen molar-refractivity contribution in [3.8, 4) is 0 Å². The van der Waals surface area contributed by atoms with E-state index in [1.165, 1.54) is 16.7 Å². The van der Waals surface area contributed by atoms with E-state index < -0.39 is 36.4 Å². The summed E-state index contributed by atoms with van der Waals surface area (Å²) in [5.74, 6) is -0.444. The van der Waals surface area contributed by atoms with Crippen LogP contribution in [0.25, 0.3) is 0 Å². The van der Waals surface area contributed by atoms with E-state index in [1.807, 2.05) is 6.26 Å². The first-order chi connectivity index (χ1) is 8.54. The lowest BCUT2D eigenvalue weighted by molar-refractivity contribution is -0.142. The summed E-state index contributed by atoms with van der Waals surface area (Å²) in [4.78, 5) is 35.3. The highest BCUT2D eigenvalue weighted by molar-refractivity contribution is 7.98. The Bertz CT molecular complexity index is 391. The van der Waals surface area contributed by atoms with Crippen LogP contribution >= 0.6 is 11.8 Å². The zero-order valence-electron chi connectivity index (χ0n) is 9.67. The standard InChI is InChI=1S/C9H14N4O4S/c1-18-3-2-4(7(14)15)13-6-5(11-9(13)17)10-8(16)12-6/h4-6H,2-3H2,1H3,(H,11,17)(H,14,15)(H2,10,12,16)/t4-,5-,6+/m0/s1. The molecule has 2 aliphatic rings. The topological polar surface area (TPSA) is 111 Å². The molecule has 0 aromatic rings. The molecule has 0 bridgehead atoms. The van der Waals surface area contributed by atoms with Crippen LogP contribution in [0.3, 0.4) is 0 Å². The fourth-order valence-electron chi connectivity index (χ4n) is 2.10. The van der Waals surface area contributed by atoms with Crippen LogP contribution < -0.4 is 16.0 Å². The molecule has 0 saturated carbocycles. The van der Waals surface area contributed by atoms with Crippen LogP contribution in [0, 0.1) is 0 Å². The van der Waals surface area contributed by atoms with E-state index >= 15 is 0 Å². The van der Waals surface area contributed by atoms with Gasteiger partial charge in [0, 0.05) is 0 Å². The first-order valence-corrected chi connectivity index (χ1v) is 6.81. The molecule has 0 aromatic heterocycles. The number of carboxylic acids is 1. The Labute approximate surface area is 107 Å². The number of rotatable bonds is 5. The second-order valence-corrected chi connectivity index (χ2v) is 5.02. The quantitative estimate of drug-likeness (QED) is 0.523. The Morgan fingerprint density at radius 3 is 2.78 bits per heavy atom. The van der Waals surface area contributed by atoms with Gasteiger partial charge in [-0.3, -0.25) is 4.90 Å². The number of hydrogen-bond donors (Lipinski definition) is 4. The number of fused-ring (bicyclic) bond motifs is 1. The van der Waals surface area contributed by atoms with Crippen LogP contribution in [-0.4, -0.2) is 58.4 Å². The van der Waals surface area contributed by atoms with E-state index in [1.54, 1.807) is 0 Å². The summed E-state index contributed by atoms with van der Waals surface area (Å²) >= 11 is 1.51. The van der Waals surface area contributed by atoms with Crippen LogP contribution in [0.15, 0.2) is 0 Å². The second-order valence-electron chi connectivity index (χ2n) is 4.03. The van der Waals surface area contributed by atoms with Gasteiger partial charge >= 0.3 is 18.0 Å². The number of amides is 4. The van der Waals surface area contributed by atoms with Crippen molar-refractivity contribution in [3.05, 3.63) is 0 Å². The van der Waals surface area contributed by atoms with Gasteiger partial charge in [-0.05, 0) is 18.4 Å². The third-order valence-electron chi connectivity index (χ3n) is 2.91. The molecule has 9 heteroatoms. The van der Waals surface area contributed by atoms with Crippen molar-refractivity contribution in [2.24, 2.45) is 0 Å². The molecule has 0 radical (unpaired) electrons. The van der Waals surface area contributed by atoms with E-state index in [0.717, 1.165) is 0 Å². The number of carboxylic acid groups (broad SMARTS) is 1. The fraction of sp³-hybridized carbons (Fsp3) is 0.667. The number of carbonyl (C=O) groups excluding carboxylic acids is 2. The predicted molar refractivity (Wildman–Crippen MR) is 64.0 cm³/mol. The van der Waals surface area contributed by atoms with Crippen LogP contribution in [0.5, 0.6) is 0 Å². The minimum Gasteiger partial charge on any atom is -0.480 e. The van der Waals surface area contributed by atoms with Crippen molar-refractivity contribution in [2.45, 2.75) is 24.8 Å². The smallest absolute Gasteiger partial charge is 0.326 e. The SMILES string of the molecule is CSCC[C@@H](C(=O)O)N1C(=O)N[C@@H]2NC(=O)N[C@@H]21. The van der Waals surface area contributed by atoms with Crippen molar-refractivity contribution in [3.63, 3.8) is 0 Å².